The maximum Gasteiger partial charge on any atom is 0.237 e. The summed E-state index contributed by atoms with van der Waals surface area (Å²) < 4.78 is 0. The molecule has 3 atom stereocenters. The summed E-state index contributed by atoms with van der Waals surface area (Å²) in [7, 11) is 0. The topological polar surface area (TPSA) is 41.1 Å². The van der Waals surface area contributed by atoms with Gasteiger partial charge < -0.3 is 10.6 Å². The SMILES string of the molecule is CC1CCNC1C(=O)N[C@H](C)c1ccccc1Cl. The molecule has 0 spiro atoms. The fraction of sp³-hybridized carbons (Fsp3) is 0.500. The maximum absolute atomic E-state index is 12.1. The molecule has 2 rings (SSSR count). The summed E-state index contributed by atoms with van der Waals surface area (Å²) in [5, 5.41) is 6.95. The second-order valence-electron chi connectivity index (χ2n) is 4.95. The number of benzene rings is 1. The van der Waals surface area contributed by atoms with E-state index < -0.39 is 0 Å². The van der Waals surface area contributed by atoms with Crippen LogP contribution in [0.5, 0.6) is 0 Å². The molecule has 0 bridgehead atoms. The smallest absolute Gasteiger partial charge is 0.237 e. The Morgan fingerprint density at radius 2 is 2.22 bits per heavy atom. The van der Waals surface area contributed by atoms with Gasteiger partial charge >= 0.3 is 0 Å². The number of hydrogen-bond acceptors (Lipinski definition) is 2. The third-order valence-corrected chi connectivity index (χ3v) is 3.89. The fourth-order valence-electron chi connectivity index (χ4n) is 2.39. The zero-order valence-corrected chi connectivity index (χ0v) is 11.5. The number of carbonyl (C=O) groups excluding carboxylic acids is 1. The Morgan fingerprint density at radius 1 is 1.50 bits per heavy atom. The molecule has 1 aromatic rings. The molecule has 2 unspecified atom stereocenters. The monoisotopic (exact) mass is 266 g/mol. The number of nitrogens with one attached hydrogen (secondary N) is 2. The normalized spacial score (nSPS) is 24.8. The molecule has 1 fully saturated rings. The molecule has 1 aromatic carbocycles. The standard InChI is InChI=1S/C14H19ClN2O/c1-9-7-8-16-13(9)14(18)17-10(2)11-5-3-4-6-12(11)15/h3-6,9-10,13,16H,7-8H2,1-2H3,(H,17,18)/t9?,10-,13?/m1/s1. The first-order chi connectivity index (χ1) is 8.59. The Morgan fingerprint density at radius 3 is 2.83 bits per heavy atom. The van der Waals surface area contributed by atoms with Crippen molar-refractivity contribution in [2.45, 2.75) is 32.4 Å². The molecule has 0 aliphatic carbocycles. The van der Waals surface area contributed by atoms with E-state index in [1.54, 1.807) is 0 Å². The fourth-order valence-corrected chi connectivity index (χ4v) is 2.69. The summed E-state index contributed by atoms with van der Waals surface area (Å²) in [6, 6.07) is 7.46. The zero-order chi connectivity index (χ0) is 13.1. The number of rotatable bonds is 3. The lowest BCUT2D eigenvalue weighted by atomic mass is 10.0. The van der Waals surface area contributed by atoms with E-state index in [1.165, 1.54) is 0 Å². The zero-order valence-electron chi connectivity index (χ0n) is 10.7. The largest absolute Gasteiger partial charge is 0.348 e. The molecule has 0 saturated carbocycles. The van der Waals surface area contributed by atoms with Gasteiger partial charge in [0.25, 0.3) is 0 Å². The van der Waals surface area contributed by atoms with Gasteiger partial charge in [0.05, 0.1) is 12.1 Å². The van der Waals surface area contributed by atoms with Crippen molar-refractivity contribution in [1.82, 2.24) is 10.6 Å². The minimum atomic E-state index is -0.0741. The summed E-state index contributed by atoms with van der Waals surface area (Å²) in [5.41, 5.74) is 0.957. The molecule has 2 N–H and O–H groups in total. The molecule has 0 radical (unpaired) electrons. The summed E-state index contributed by atoms with van der Waals surface area (Å²) in [4.78, 5) is 12.1. The van der Waals surface area contributed by atoms with Gasteiger partial charge in [0.2, 0.25) is 5.91 Å². The Kier molecular flexibility index (Phi) is 4.25. The van der Waals surface area contributed by atoms with Crippen LogP contribution in [0.3, 0.4) is 0 Å². The van der Waals surface area contributed by atoms with Crippen LogP contribution in [-0.4, -0.2) is 18.5 Å². The van der Waals surface area contributed by atoms with E-state index in [-0.39, 0.29) is 18.0 Å². The maximum atomic E-state index is 12.1. The van der Waals surface area contributed by atoms with Crippen LogP contribution in [0, 0.1) is 5.92 Å². The highest BCUT2D eigenvalue weighted by molar-refractivity contribution is 6.31. The van der Waals surface area contributed by atoms with Gasteiger partial charge in [-0.15, -0.1) is 0 Å². The van der Waals surface area contributed by atoms with Crippen molar-refractivity contribution in [3.63, 3.8) is 0 Å². The van der Waals surface area contributed by atoms with Crippen LogP contribution in [0.4, 0.5) is 0 Å². The first kappa shape index (κ1) is 13.4. The molecule has 1 heterocycles. The van der Waals surface area contributed by atoms with Crippen molar-refractivity contribution in [2.75, 3.05) is 6.54 Å². The van der Waals surface area contributed by atoms with Crippen molar-refractivity contribution in [3.05, 3.63) is 34.9 Å². The van der Waals surface area contributed by atoms with E-state index in [0.717, 1.165) is 18.5 Å². The van der Waals surface area contributed by atoms with Gasteiger partial charge in [0, 0.05) is 5.02 Å². The molecule has 98 valence electrons. The van der Waals surface area contributed by atoms with E-state index >= 15 is 0 Å². The quantitative estimate of drug-likeness (QED) is 0.883. The van der Waals surface area contributed by atoms with Crippen molar-refractivity contribution in [1.29, 1.82) is 0 Å². The number of hydrogen-bond donors (Lipinski definition) is 2. The van der Waals surface area contributed by atoms with Gasteiger partial charge in [-0.25, -0.2) is 0 Å². The van der Waals surface area contributed by atoms with Crippen LogP contribution in [-0.2, 0) is 4.79 Å². The van der Waals surface area contributed by atoms with Crippen LogP contribution in [0.15, 0.2) is 24.3 Å². The second-order valence-corrected chi connectivity index (χ2v) is 5.36. The van der Waals surface area contributed by atoms with Crippen LogP contribution in [0.25, 0.3) is 0 Å². The molecular weight excluding hydrogens is 248 g/mol. The summed E-state index contributed by atoms with van der Waals surface area (Å²) in [6.45, 7) is 4.98. The molecular formula is C14H19ClN2O. The Bertz CT molecular complexity index is 436. The Labute approximate surface area is 113 Å². The lowest BCUT2D eigenvalue weighted by molar-refractivity contribution is -0.124. The summed E-state index contributed by atoms with van der Waals surface area (Å²) in [5.74, 6) is 0.455. The molecule has 1 amide bonds. The third-order valence-electron chi connectivity index (χ3n) is 3.55. The lowest BCUT2D eigenvalue weighted by Gasteiger charge is -2.20. The highest BCUT2D eigenvalue weighted by atomic mass is 35.5. The average molecular weight is 267 g/mol. The summed E-state index contributed by atoms with van der Waals surface area (Å²) >= 11 is 6.12. The van der Waals surface area contributed by atoms with Crippen molar-refractivity contribution in [2.24, 2.45) is 5.92 Å². The highest BCUT2D eigenvalue weighted by Gasteiger charge is 2.30. The molecule has 1 aliphatic heterocycles. The summed E-state index contributed by atoms with van der Waals surface area (Å²) in [6.07, 6.45) is 1.05. The minimum Gasteiger partial charge on any atom is -0.348 e. The molecule has 0 aromatic heterocycles. The van der Waals surface area contributed by atoms with E-state index in [2.05, 4.69) is 17.6 Å². The molecule has 4 heteroatoms. The molecule has 1 saturated heterocycles. The molecule has 3 nitrogen and oxygen atoms in total. The van der Waals surface area contributed by atoms with Crippen molar-refractivity contribution < 1.29 is 4.79 Å². The van der Waals surface area contributed by atoms with Crippen LogP contribution < -0.4 is 10.6 Å². The van der Waals surface area contributed by atoms with Gasteiger partial charge in [0.1, 0.15) is 0 Å². The Balaban J connectivity index is 2.01. The van der Waals surface area contributed by atoms with Gasteiger partial charge in [-0.3, -0.25) is 4.79 Å². The van der Waals surface area contributed by atoms with E-state index in [4.69, 9.17) is 11.6 Å². The van der Waals surface area contributed by atoms with Gasteiger partial charge in [-0.1, -0.05) is 36.7 Å². The second kappa shape index (κ2) is 5.72. The highest BCUT2D eigenvalue weighted by Crippen LogP contribution is 2.23. The Hall–Kier alpha value is -1.06. The van der Waals surface area contributed by atoms with Gasteiger partial charge in [-0.2, -0.15) is 0 Å². The predicted molar refractivity (Wildman–Crippen MR) is 73.6 cm³/mol. The van der Waals surface area contributed by atoms with Crippen LogP contribution >= 0.6 is 11.6 Å². The van der Waals surface area contributed by atoms with E-state index in [1.807, 2.05) is 31.2 Å². The van der Waals surface area contributed by atoms with E-state index in [0.29, 0.717) is 10.9 Å². The third kappa shape index (κ3) is 2.85. The number of carbonyl (C=O) groups is 1. The van der Waals surface area contributed by atoms with Gasteiger partial charge in [-0.05, 0) is 37.4 Å². The van der Waals surface area contributed by atoms with E-state index in [9.17, 15) is 4.79 Å². The molecule has 1 aliphatic rings. The van der Waals surface area contributed by atoms with Gasteiger partial charge in [0.15, 0.2) is 0 Å². The average Bonchev–Trinajstić information content (AvgIpc) is 2.76. The predicted octanol–water partition coefficient (Wildman–Crippen LogP) is 2.52. The van der Waals surface area contributed by atoms with Crippen LogP contribution in [0.2, 0.25) is 5.02 Å². The first-order valence-electron chi connectivity index (χ1n) is 6.37. The van der Waals surface area contributed by atoms with Crippen molar-refractivity contribution in [3.8, 4) is 0 Å². The number of halogens is 1. The van der Waals surface area contributed by atoms with Crippen LogP contribution in [0.1, 0.15) is 31.9 Å². The van der Waals surface area contributed by atoms with Crippen molar-refractivity contribution >= 4 is 17.5 Å². The lowest BCUT2D eigenvalue weighted by Crippen LogP contribution is -2.44. The molecule has 18 heavy (non-hydrogen) atoms. The number of amides is 1. The minimum absolute atomic E-state index is 0.0624. The first-order valence-corrected chi connectivity index (χ1v) is 6.75.